The molecule has 0 atom stereocenters. The van der Waals surface area contributed by atoms with E-state index in [1.807, 2.05) is 10.3 Å². The van der Waals surface area contributed by atoms with Gasteiger partial charge >= 0.3 is 0 Å². The molecule has 146 valence electrons. The maximum atomic E-state index is 11.5. The Morgan fingerprint density at radius 2 is 1.04 bits per heavy atom. The van der Waals surface area contributed by atoms with Crippen LogP contribution >= 0.6 is 24.4 Å². The fourth-order valence-electron chi connectivity index (χ4n) is 2.25. The largest absolute Gasteiger partial charge is 0.299 e. The maximum absolute atomic E-state index is 11.5. The second-order valence-corrected chi connectivity index (χ2v) is 9.10. The van der Waals surface area contributed by atoms with Gasteiger partial charge in [-0.2, -0.15) is 26.8 Å². The fourth-order valence-corrected chi connectivity index (χ4v) is 3.95. The van der Waals surface area contributed by atoms with Crippen LogP contribution in [0.1, 0.15) is 0 Å². The van der Waals surface area contributed by atoms with Crippen LogP contribution in [0.5, 0.6) is 0 Å². The molecule has 0 spiro atoms. The van der Waals surface area contributed by atoms with E-state index < -0.39 is 30.0 Å². The number of aliphatic imine (C=N–C) groups is 2. The van der Waals surface area contributed by atoms with Gasteiger partial charge in [-0.15, -0.1) is 0 Å². The van der Waals surface area contributed by atoms with Crippen molar-refractivity contribution in [3.63, 3.8) is 0 Å². The van der Waals surface area contributed by atoms with E-state index >= 15 is 0 Å². The molecule has 28 heavy (non-hydrogen) atoms. The molecule has 2 N–H and O–H groups in total. The van der Waals surface area contributed by atoms with Crippen LogP contribution in [0.15, 0.2) is 81.9 Å². The highest BCUT2D eigenvalue weighted by molar-refractivity contribution is 7.88. The average molecular weight is 457 g/mol. The van der Waals surface area contributed by atoms with Crippen LogP contribution in [0.3, 0.4) is 0 Å². The zero-order valence-electron chi connectivity index (χ0n) is 13.8. The van der Waals surface area contributed by atoms with Crippen molar-refractivity contribution in [3.05, 3.63) is 71.9 Å². The Morgan fingerprint density at radius 1 is 0.750 bits per heavy atom. The molecule has 2 aliphatic rings. The Bertz CT molecular complexity index is 1050. The van der Waals surface area contributed by atoms with Gasteiger partial charge in [-0.05, 0) is 59.9 Å². The summed E-state index contributed by atoms with van der Waals surface area (Å²) in [6.45, 7) is 0. The summed E-state index contributed by atoms with van der Waals surface area (Å²) in [6, 6.07) is 0. The molecule has 0 radical (unpaired) electrons. The Morgan fingerprint density at radius 3 is 1.25 bits per heavy atom. The third-order valence-corrected chi connectivity index (χ3v) is 6.36. The first-order valence-electron chi connectivity index (χ1n) is 7.30. The van der Waals surface area contributed by atoms with Gasteiger partial charge in [0.05, 0.1) is 10.3 Å². The second-order valence-electron chi connectivity index (χ2n) is 5.53. The van der Waals surface area contributed by atoms with Crippen LogP contribution in [-0.2, 0) is 20.2 Å². The fraction of sp³-hybridized carbons (Fsp3) is 0.125. The van der Waals surface area contributed by atoms with Gasteiger partial charge in [0.15, 0.2) is 0 Å². The lowest BCUT2D eigenvalue weighted by Gasteiger charge is -2.20. The molecule has 0 amide bonds. The third kappa shape index (κ3) is 4.46. The lowest BCUT2D eigenvalue weighted by Crippen LogP contribution is -2.33. The topological polar surface area (TPSA) is 133 Å². The van der Waals surface area contributed by atoms with E-state index in [4.69, 9.17) is 0 Å². The van der Waals surface area contributed by atoms with Crippen molar-refractivity contribution in [2.24, 2.45) is 9.98 Å². The highest BCUT2D eigenvalue weighted by Gasteiger charge is 2.40. The number of thiocarbonyl (C=S) groups is 2. The normalized spacial score (nSPS) is 26.4. The molecule has 0 saturated heterocycles. The number of hydrogen-bond acceptors (Lipinski definition) is 8. The summed E-state index contributed by atoms with van der Waals surface area (Å²) in [5.41, 5.74) is 1.13. The number of hydrogen-bond donors (Lipinski definition) is 2. The molecule has 0 bridgehead atoms. The SMILES string of the molecule is O=S(=O)(O)C1(N=C=S)C=CC(=CC=C2C=CC(N=C=S)(S(=O)(=O)O)C=C2)C=C1. The van der Waals surface area contributed by atoms with Crippen molar-refractivity contribution < 1.29 is 25.9 Å². The average Bonchev–Trinajstić information content (AvgIpc) is 2.61. The van der Waals surface area contributed by atoms with Crippen LogP contribution < -0.4 is 0 Å². The number of allylic oxidation sites excluding steroid dienone is 8. The molecule has 0 fully saturated rings. The standard InChI is InChI=1S/C16H12N2O6S4/c19-27(20,21)15(17-11-25)7-3-13(4-8-15)1-2-14-5-9-16(10-6-14,18-12-26)28(22,23)24/h1-10H,(H,19,20,21)(H,22,23,24). The molecular formula is C16H12N2O6S4. The quantitative estimate of drug-likeness (QED) is 0.366. The van der Waals surface area contributed by atoms with Gasteiger partial charge in [-0.3, -0.25) is 9.11 Å². The summed E-state index contributed by atoms with van der Waals surface area (Å²) in [6.07, 6.45) is 13.5. The summed E-state index contributed by atoms with van der Waals surface area (Å²) in [5, 5.41) is 3.88. The smallest absolute Gasteiger partial charge is 0.283 e. The van der Waals surface area contributed by atoms with Crippen LogP contribution in [-0.4, -0.2) is 46.0 Å². The predicted octanol–water partition coefficient (Wildman–Crippen LogP) is 2.47. The molecule has 0 aliphatic heterocycles. The predicted molar refractivity (Wildman–Crippen MR) is 111 cm³/mol. The molecule has 0 aromatic heterocycles. The van der Waals surface area contributed by atoms with Gasteiger partial charge in [-0.1, -0.05) is 36.5 Å². The van der Waals surface area contributed by atoms with Gasteiger partial charge < -0.3 is 0 Å². The minimum absolute atomic E-state index is 0.566. The molecule has 0 heterocycles. The zero-order chi connectivity index (χ0) is 21.1. The first-order valence-corrected chi connectivity index (χ1v) is 11.0. The van der Waals surface area contributed by atoms with E-state index in [0.29, 0.717) is 11.1 Å². The maximum Gasteiger partial charge on any atom is 0.299 e. The molecule has 0 saturated carbocycles. The lowest BCUT2D eigenvalue weighted by molar-refractivity contribution is 0.462. The molecule has 2 rings (SSSR count). The number of rotatable bonds is 5. The van der Waals surface area contributed by atoms with Crippen molar-refractivity contribution in [1.29, 1.82) is 0 Å². The Hall–Kier alpha value is -2.14. The lowest BCUT2D eigenvalue weighted by atomic mass is 10.0. The van der Waals surface area contributed by atoms with Gasteiger partial charge in [0.1, 0.15) is 0 Å². The molecule has 0 aromatic carbocycles. The van der Waals surface area contributed by atoms with Crippen LogP contribution in [0.25, 0.3) is 0 Å². The summed E-state index contributed by atoms with van der Waals surface area (Å²) >= 11 is 8.85. The summed E-state index contributed by atoms with van der Waals surface area (Å²) in [4.78, 5) is 2.99. The van der Waals surface area contributed by atoms with E-state index in [2.05, 4.69) is 34.4 Å². The van der Waals surface area contributed by atoms with Gasteiger partial charge in [-0.25, -0.2) is 0 Å². The second kappa shape index (κ2) is 8.08. The van der Waals surface area contributed by atoms with Gasteiger partial charge in [0.2, 0.25) is 9.74 Å². The van der Waals surface area contributed by atoms with Crippen molar-refractivity contribution in [3.8, 4) is 0 Å². The van der Waals surface area contributed by atoms with Crippen molar-refractivity contribution in [1.82, 2.24) is 0 Å². The monoisotopic (exact) mass is 456 g/mol. The van der Waals surface area contributed by atoms with E-state index in [1.54, 1.807) is 12.2 Å². The van der Waals surface area contributed by atoms with Crippen LogP contribution in [0, 0.1) is 0 Å². The number of nitrogens with zero attached hydrogens (tertiary/aromatic N) is 2. The first kappa shape index (κ1) is 22.2. The van der Waals surface area contributed by atoms with Crippen molar-refractivity contribution in [2.75, 3.05) is 0 Å². The van der Waals surface area contributed by atoms with Crippen molar-refractivity contribution in [2.45, 2.75) is 9.74 Å². The van der Waals surface area contributed by atoms with E-state index in [1.165, 1.54) is 24.3 Å². The van der Waals surface area contributed by atoms with E-state index in [-0.39, 0.29) is 0 Å². The Kier molecular flexibility index (Phi) is 6.39. The highest BCUT2D eigenvalue weighted by Crippen LogP contribution is 2.29. The van der Waals surface area contributed by atoms with Crippen LogP contribution in [0.2, 0.25) is 0 Å². The summed E-state index contributed by atoms with van der Waals surface area (Å²) < 4.78 is 64.9. The van der Waals surface area contributed by atoms with Crippen LogP contribution in [0.4, 0.5) is 0 Å². The highest BCUT2D eigenvalue weighted by atomic mass is 32.2. The number of isothiocyanates is 2. The molecule has 8 nitrogen and oxygen atoms in total. The zero-order valence-corrected chi connectivity index (χ0v) is 17.1. The van der Waals surface area contributed by atoms with Gasteiger partial charge in [0, 0.05) is 0 Å². The molecule has 0 unspecified atom stereocenters. The van der Waals surface area contributed by atoms with Gasteiger partial charge in [0.25, 0.3) is 20.2 Å². The molecule has 12 heteroatoms. The summed E-state index contributed by atoms with van der Waals surface area (Å²) in [5.74, 6) is 0. The molecule has 2 aliphatic carbocycles. The molecule has 0 aromatic rings. The minimum Gasteiger partial charge on any atom is -0.283 e. The Labute approximate surface area is 172 Å². The summed E-state index contributed by atoms with van der Waals surface area (Å²) in [7, 11) is -9.16. The Balaban J connectivity index is 2.31. The minimum atomic E-state index is -4.58. The molecular weight excluding hydrogens is 444 g/mol. The first-order chi connectivity index (χ1) is 13.0. The third-order valence-electron chi connectivity index (χ3n) is 3.79. The van der Waals surface area contributed by atoms with E-state index in [0.717, 1.165) is 24.3 Å². The van der Waals surface area contributed by atoms with Crippen molar-refractivity contribution >= 4 is 55.0 Å². The van der Waals surface area contributed by atoms with E-state index in [9.17, 15) is 25.9 Å².